The van der Waals surface area contributed by atoms with Crippen LogP contribution in [0.1, 0.15) is 25.7 Å². The van der Waals surface area contributed by atoms with Crippen LogP contribution in [-0.2, 0) is 0 Å². The standard InChI is InChI=1S/C10H12N2/c1-10(6-2-4-8-11)7-3-5-9-12/h2,4H,1,3,5-7H2. The smallest absolute Gasteiger partial charge is 0.0908 e. The highest BCUT2D eigenvalue weighted by Crippen LogP contribution is 2.08. The molecule has 12 heavy (non-hydrogen) atoms. The lowest BCUT2D eigenvalue weighted by Crippen LogP contribution is -1.79. The topological polar surface area (TPSA) is 47.6 Å². The van der Waals surface area contributed by atoms with Crippen molar-refractivity contribution in [2.75, 3.05) is 0 Å². The first kappa shape index (κ1) is 10.5. The second-order valence-electron chi connectivity index (χ2n) is 2.50. The minimum atomic E-state index is 0.584. The Hall–Kier alpha value is -1.54. The highest BCUT2D eigenvalue weighted by atomic mass is 14.2. The monoisotopic (exact) mass is 160 g/mol. The van der Waals surface area contributed by atoms with E-state index in [2.05, 4.69) is 12.6 Å². The first-order chi connectivity index (χ1) is 5.81. The molecule has 2 nitrogen and oxygen atoms in total. The van der Waals surface area contributed by atoms with Gasteiger partial charge in [-0.1, -0.05) is 18.2 Å². The summed E-state index contributed by atoms with van der Waals surface area (Å²) in [5, 5.41) is 16.4. The molecule has 0 aromatic rings. The molecule has 0 unspecified atom stereocenters. The van der Waals surface area contributed by atoms with Gasteiger partial charge in [0.1, 0.15) is 0 Å². The van der Waals surface area contributed by atoms with E-state index in [1.807, 2.05) is 6.07 Å². The summed E-state index contributed by atoms with van der Waals surface area (Å²) in [5.74, 6) is 0. The maximum absolute atomic E-state index is 8.26. The summed E-state index contributed by atoms with van der Waals surface area (Å²) in [6.07, 6.45) is 6.32. The van der Waals surface area contributed by atoms with E-state index in [9.17, 15) is 0 Å². The molecular weight excluding hydrogens is 148 g/mol. The van der Waals surface area contributed by atoms with Gasteiger partial charge in [-0.3, -0.25) is 0 Å². The van der Waals surface area contributed by atoms with E-state index < -0.39 is 0 Å². The quantitative estimate of drug-likeness (QED) is 0.352. The van der Waals surface area contributed by atoms with Gasteiger partial charge in [0.15, 0.2) is 0 Å². The summed E-state index contributed by atoms with van der Waals surface area (Å²) in [6.45, 7) is 3.83. The van der Waals surface area contributed by atoms with Gasteiger partial charge in [-0.2, -0.15) is 10.5 Å². The number of rotatable bonds is 5. The molecule has 0 aromatic carbocycles. The van der Waals surface area contributed by atoms with Crippen LogP contribution < -0.4 is 0 Å². The molecule has 2 heteroatoms. The van der Waals surface area contributed by atoms with Crippen molar-refractivity contribution in [3.05, 3.63) is 24.3 Å². The molecule has 0 rings (SSSR count). The summed E-state index contributed by atoms with van der Waals surface area (Å²) in [5.41, 5.74) is 1.08. The molecule has 0 fully saturated rings. The number of nitriles is 2. The van der Waals surface area contributed by atoms with E-state index >= 15 is 0 Å². The molecule has 0 atom stereocenters. The Morgan fingerprint density at radius 3 is 2.75 bits per heavy atom. The minimum Gasteiger partial charge on any atom is -0.198 e. The van der Waals surface area contributed by atoms with Gasteiger partial charge in [-0.25, -0.2) is 0 Å². The molecule has 0 bridgehead atoms. The molecule has 0 heterocycles. The summed E-state index contributed by atoms with van der Waals surface area (Å²) in [4.78, 5) is 0. The molecule has 0 N–H and O–H groups in total. The van der Waals surface area contributed by atoms with Gasteiger partial charge in [-0.05, 0) is 19.3 Å². The number of hydrogen-bond donors (Lipinski definition) is 0. The van der Waals surface area contributed by atoms with Crippen molar-refractivity contribution in [2.24, 2.45) is 0 Å². The molecule has 0 aliphatic carbocycles. The second-order valence-corrected chi connectivity index (χ2v) is 2.50. The van der Waals surface area contributed by atoms with Crippen LogP contribution in [0.4, 0.5) is 0 Å². The van der Waals surface area contributed by atoms with Crippen molar-refractivity contribution < 1.29 is 0 Å². The second kappa shape index (κ2) is 7.57. The Kier molecular flexibility index (Phi) is 6.59. The van der Waals surface area contributed by atoms with Crippen LogP contribution in [0.3, 0.4) is 0 Å². The number of allylic oxidation sites excluding steroid dienone is 3. The molecule has 62 valence electrons. The Morgan fingerprint density at radius 2 is 2.17 bits per heavy atom. The van der Waals surface area contributed by atoms with Crippen LogP contribution >= 0.6 is 0 Å². The minimum absolute atomic E-state index is 0.584. The molecule has 0 spiro atoms. The van der Waals surface area contributed by atoms with E-state index in [-0.39, 0.29) is 0 Å². The van der Waals surface area contributed by atoms with E-state index in [0.29, 0.717) is 6.42 Å². The first-order valence-corrected chi connectivity index (χ1v) is 3.89. The summed E-state index contributed by atoms with van der Waals surface area (Å²) in [6, 6.07) is 4.00. The van der Waals surface area contributed by atoms with Gasteiger partial charge in [0.05, 0.1) is 12.1 Å². The SMILES string of the molecule is C=C(CC=CC#N)CCCC#N. The Morgan fingerprint density at radius 1 is 1.42 bits per heavy atom. The van der Waals surface area contributed by atoms with Crippen molar-refractivity contribution >= 4 is 0 Å². The van der Waals surface area contributed by atoms with Gasteiger partial charge >= 0.3 is 0 Å². The third-order valence-electron chi connectivity index (χ3n) is 1.42. The first-order valence-electron chi connectivity index (χ1n) is 3.89. The summed E-state index contributed by atoms with van der Waals surface area (Å²) < 4.78 is 0. The lowest BCUT2D eigenvalue weighted by Gasteiger charge is -1.97. The molecule has 0 saturated heterocycles. The Balaban J connectivity index is 3.43. The van der Waals surface area contributed by atoms with Crippen molar-refractivity contribution in [1.29, 1.82) is 10.5 Å². The molecule has 0 saturated carbocycles. The van der Waals surface area contributed by atoms with E-state index in [1.165, 1.54) is 6.08 Å². The van der Waals surface area contributed by atoms with Crippen LogP contribution in [0.5, 0.6) is 0 Å². The number of nitrogens with zero attached hydrogens (tertiary/aromatic N) is 2. The van der Waals surface area contributed by atoms with Crippen LogP contribution in [0.15, 0.2) is 24.3 Å². The summed E-state index contributed by atoms with van der Waals surface area (Å²) >= 11 is 0. The lowest BCUT2D eigenvalue weighted by molar-refractivity contribution is 0.826. The average Bonchev–Trinajstić information content (AvgIpc) is 2.06. The Labute approximate surface area is 73.4 Å². The predicted molar refractivity (Wildman–Crippen MR) is 48.0 cm³/mol. The van der Waals surface area contributed by atoms with Crippen molar-refractivity contribution in [3.63, 3.8) is 0 Å². The van der Waals surface area contributed by atoms with Gasteiger partial charge in [0, 0.05) is 12.5 Å². The number of hydrogen-bond acceptors (Lipinski definition) is 2. The zero-order chi connectivity index (χ0) is 9.23. The van der Waals surface area contributed by atoms with Gasteiger partial charge in [0.2, 0.25) is 0 Å². The largest absolute Gasteiger partial charge is 0.198 e. The number of unbranched alkanes of at least 4 members (excludes halogenated alkanes) is 1. The van der Waals surface area contributed by atoms with Crippen LogP contribution in [0, 0.1) is 22.7 Å². The van der Waals surface area contributed by atoms with Crippen LogP contribution in [0.2, 0.25) is 0 Å². The van der Waals surface area contributed by atoms with Gasteiger partial charge in [-0.15, -0.1) is 0 Å². The molecule has 0 amide bonds. The third-order valence-corrected chi connectivity index (χ3v) is 1.42. The predicted octanol–water partition coefficient (Wildman–Crippen LogP) is 2.71. The van der Waals surface area contributed by atoms with Crippen molar-refractivity contribution in [1.82, 2.24) is 0 Å². The van der Waals surface area contributed by atoms with E-state index in [1.54, 1.807) is 6.08 Å². The maximum atomic E-state index is 8.26. The van der Waals surface area contributed by atoms with Gasteiger partial charge < -0.3 is 0 Å². The highest BCUT2D eigenvalue weighted by Gasteiger charge is 1.91. The highest BCUT2D eigenvalue weighted by molar-refractivity contribution is 5.08. The van der Waals surface area contributed by atoms with E-state index in [0.717, 1.165) is 24.8 Å². The normalized spacial score (nSPS) is 9.17. The fourth-order valence-electron chi connectivity index (χ4n) is 0.798. The Bertz CT molecular complexity index is 238. The van der Waals surface area contributed by atoms with Crippen molar-refractivity contribution in [2.45, 2.75) is 25.7 Å². The van der Waals surface area contributed by atoms with Crippen LogP contribution in [-0.4, -0.2) is 0 Å². The zero-order valence-electron chi connectivity index (χ0n) is 7.08. The fraction of sp³-hybridized carbons (Fsp3) is 0.400. The summed E-state index contributed by atoms with van der Waals surface area (Å²) in [7, 11) is 0. The molecule has 0 aromatic heterocycles. The molecular formula is C10H12N2. The van der Waals surface area contributed by atoms with Gasteiger partial charge in [0.25, 0.3) is 0 Å². The maximum Gasteiger partial charge on any atom is 0.0908 e. The molecule has 0 aliphatic rings. The zero-order valence-corrected chi connectivity index (χ0v) is 7.08. The molecule has 0 aliphatic heterocycles. The van der Waals surface area contributed by atoms with Crippen LogP contribution in [0.25, 0.3) is 0 Å². The van der Waals surface area contributed by atoms with E-state index in [4.69, 9.17) is 10.5 Å². The fourth-order valence-corrected chi connectivity index (χ4v) is 0.798. The third kappa shape index (κ3) is 6.58. The van der Waals surface area contributed by atoms with Crippen molar-refractivity contribution in [3.8, 4) is 12.1 Å². The lowest BCUT2D eigenvalue weighted by atomic mass is 10.1. The molecule has 0 radical (unpaired) electrons. The average molecular weight is 160 g/mol.